The molecule has 0 bridgehead atoms. The van der Waals surface area contributed by atoms with E-state index in [1.54, 1.807) is 11.3 Å². The van der Waals surface area contributed by atoms with Gasteiger partial charge in [0.2, 0.25) is 11.7 Å². The smallest absolute Gasteiger partial charge is 0.234 e. The standard InChI is InChI=1S/C14H19N3OS/c1-2-6-14(7-4-8-15-10-14)13-16-12(17-18-13)11-5-3-9-19-11/h3,5,9,15H,2,4,6-8,10H2,1H3. The number of rotatable bonds is 4. The van der Waals surface area contributed by atoms with Gasteiger partial charge in [-0.05, 0) is 37.3 Å². The molecule has 0 spiro atoms. The number of thiophene rings is 1. The minimum Gasteiger partial charge on any atom is -0.338 e. The Labute approximate surface area is 117 Å². The minimum absolute atomic E-state index is 0.0372. The van der Waals surface area contributed by atoms with Gasteiger partial charge in [0, 0.05) is 6.54 Å². The predicted octanol–water partition coefficient (Wildman–Crippen LogP) is 3.22. The second-order valence-electron chi connectivity index (χ2n) is 5.21. The van der Waals surface area contributed by atoms with Crippen molar-refractivity contribution < 1.29 is 4.52 Å². The maximum atomic E-state index is 5.59. The summed E-state index contributed by atoms with van der Waals surface area (Å²) in [6, 6.07) is 4.05. The Morgan fingerprint density at radius 1 is 1.53 bits per heavy atom. The zero-order valence-corrected chi connectivity index (χ0v) is 12.0. The van der Waals surface area contributed by atoms with Crippen LogP contribution in [0, 0.1) is 0 Å². The first-order chi connectivity index (χ1) is 9.34. The van der Waals surface area contributed by atoms with Crippen LogP contribution >= 0.6 is 11.3 Å². The lowest BCUT2D eigenvalue weighted by Gasteiger charge is -2.34. The molecule has 1 aliphatic rings. The van der Waals surface area contributed by atoms with Crippen molar-refractivity contribution in [1.82, 2.24) is 15.5 Å². The van der Waals surface area contributed by atoms with Crippen molar-refractivity contribution in [2.24, 2.45) is 0 Å². The van der Waals surface area contributed by atoms with Crippen LogP contribution < -0.4 is 5.32 Å². The van der Waals surface area contributed by atoms with Crippen LogP contribution in [-0.4, -0.2) is 23.2 Å². The molecule has 3 heterocycles. The largest absolute Gasteiger partial charge is 0.338 e. The van der Waals surface area contributed by atoms with Crippen molar-refractivity contribution in [2.75, 3.05) is 13.1 Å². The molecule has 2 aromatic rings. The number of nitrogens with zero attached hydrogens (tertiary/aromatic N) is 2. The third-order valence-electron chi connectivity index (χ3n) is 3.82. The van der Waals surface area contributed by atoms with Gasteiger partial charge in [-0.3, -0.25) is 0 Å². The fourth-order valence-electron chi connectivity index (χ4n) is 2.89. The van der Waals surface area contributed by atoms with Gasteiger partial charge in [-0.15, -0.1) is 11.3 Å². The summed E-state index contributed by atoms with van der Waals surface area (Å²) in [6.07, 6.45) is 4.56. The van der Waals surface area contributed by atoms with E-state index in [1.807, 2.05) is 17.5 Å². The molecule has 1 atom stereocenters. The van der Waals surface area contributed by atoms with Crippen molar-refractivity contribution >= 4 is 11.3 Å². The summed E-state index contributed by atoms with van der Waals surface area (Å²) in [5.41, 5.74) is 0.0372. The van der Waals surface area contributed by atoms with Gasteiger partial charge < -0.3 is 9.84 Å². The van der Waals surface area contributed by atoms with Gasteiger partial charge >= 0.3 is 0 Å². The van der Waals surface area contributed by atoms with E-state index >= 15 is 0 Å². The average Bonchev–Trinajstić information content (AvgIpc) is 3.11. The normalized spacial score (nSPS) is 23.6. The van der Waals surface area contributed by atoms with Crippen LogP contribution in [0.25, 0.3) is 10.7 Å². The van der Waals surface area contributed by atoms with Gasteiger partial charge in [-0.1, -0.05) is 24.6 Å². The molecule has 1 saturated heterocycles. The highest BCUT2D eigenvalue weighted by molar-refractivity contribution is 7.13. The third-order valence-corrected chi connectivity index (χ3v) is 4.69. The fraction of sp³-hybridized carbons (Fsp3) is 0.571. The van der Waals surface area contributed by atoms with Gasteiger partial charge in [0.25, 0.3) is 0 Å². The zero-order chi connectivity index (χ0) is 13.1. The predicted molar refractivity (Wildman–Crippen MR) is 76.3 cm³/mol. The average molecular weight is 277 g/mol. The summed E-state index contributed by atoms with van der Waals surface area (Å²) in [5.74, 6) is 1.54. The number of hydrogen-bond acceptors (Lipinski definition) is 5. The maximum Gasteiger partial charge on any atom is 0.234 e. The van der Waals surface area contributed by atoms with Crippen LogP contribution in [0.15, 0.2) is 22.0 Å². The van der Waals surface area contributed by atoms with Gasteiger partial charge in [0.15, 0.2) is 0 Å². The number of hydrogen-bond donors (Lipinski definition) is 1. The van der Waals surface area contributed by atoms with E-state index in [0.29, 0.717) is 0 Å². The Morgan fingerprint density at radius 2 is 2.47 bits per heavy atom. The third kappa shape index (κ3) is 2.44. The molecule has 3 rings (SSSR count). The van der Waals surface area contributed by atoms with E-state index in [1.165, 1.54) is 6.42 Å². The summed E-state index contributed by atoms with van der Waals surface area (Å²) < 4.78 is 5.59. The van der Waals surface area contributed by atoms with Crippen LogP contribution in [0.5, 0.6) is 0 Å². The van der Waals surface area contributed by atoms with E-state index in [4.69, 9.17) is 4.52 Å². The summed E-state index contributed by atoms with van der Waals surface area (Å²) in [5, 5.41) is 9.67. The quantitative estimate of drug-likeness (QED) is 0.932. The van der Waals surface area contributed by atoms with Gasteiger partial charge in [-0.2, -0.15) is 4.98 Å². The SMILES string of the molecule is CCCC1(c2nc(-c3cccs3)no2)CCCNC1. The summed E-state index contributed by atoms with van der Waals surface area (Å²) in [4.78, 5) is 5.73. The van der Waals surface area contributed by atoms with Crippen LogP contribution in [0.2, 0.25) is 0 Å². The first-order valence-corrected chi connectivity index (χ1v) is 7.81. The second-order valence-corrected chi connectivity index (χ2v) is 6.16. The van der Waals surface area contributed by atoms with Crippen molar-refractivity contribution in [3.8, 4) is 10.7 Å². The molecule has 102 valence electrons. The molecule has 5 heteroatoms. The fourth-order valence-corrected chi connectivity index (χ4v) is 3.54. The Kier molecular flexibility index (Phi) is 3.66. The van der Waals surface area contributed by atoms with Crippen LogP contribution in [-0.2, 0) is 5.41 Å². The van der Waals surface area contributed by atoms with E-state index in [2.05, 4.69) is 22.4 Å². The monoisotopic (exact) mass is 277 g/mol. The molecule has 4 nitrogen and oxygen atoms in total. The summed E-state index contributed by atoms with van der Waals surface area (Å²) >= 11 is 1.65. The first kappa shape index (κ1) is 12.8. The van der Waals surface area contributed by atoms with Gasteiger partial charge in [-0.25, -0.2) is 0 Å². The summed E-state index contributed by atoms with van der Waals surface area (Å²) in [7, 11) is 0. The molecule has 1 unspecified atom stereocenters. The van der Waals surface area contributed by atoms with Crippen LogP contribution in [0.1, 0.15) is 38.5 Å². The van der Waals surface area contributed by atoms with Crippen molar-refractivity contribution in [1.29, 1.82) is 0 Å². The molecule has 1 fully saturated rings. The Morgan fingerprint density at radius 3 is 3.16 bits per heavy atom. The molecule has 0 radical (unpaired) electrons. The molecule has 0 aliphatic carbocycles. The van der Waals surface area contributed by atoms with Crippen molar-refractivity contribution in [3.05, 3.63) is 23.4 Å². The Hall–Kier alpha value is -1.20. The highest BCUT2D eigenvalue weighted by atomic mass is 32.1. The van der Waals surface area contributed by atoms with Gasteiger partial charge in [0.1, 0.15) is 0 Å². The Bertz CT molecular complexity index is 509. The van der Waals surface area contributed by atoms with Crippen LogP contribution in [0.3, 0.4) is 0 Å². The highest BCUT2D eigenvalue weighted by Crippen LogP contribution is 2.36. The van der Waals surface area contributed by atoms with E-state index in [9.17, 15) is 0 Å². The topological polar surface area (TPSA) is 51.0 Å². The molecule has 2 aromatic heterocycles. The molecule has 19 heavy (non-hydrogen) atoms. The zero-order valence-electron chi connectivity index (χ0n) is 11.2. The number of nitrogens with one attached hydrogen (secondary N) is 1. The minimum atomic E-state index is 0.0372. The number of piperidine rings is 1. The molecule has 0 aromatic carbocycles. The lowest BCUT2D eigenvalue weighted by molar-refractivity contribution is 0.213. The number of aromatic nitrogens is 2. The molecule has 1 aliphatic heterocycles. The van der Waals surface area contributed by atoms with E-state index in [-0.39, 0.29) is 5.41 Å². The van der Waals surface area contributed by atoms with Gasteiger partial charge in [0.05, 0.1) is 10.3 Å². The molecule has 0 amide bonds. The second kappa shape index (κ2) is 5.43. The van der Waals surface area contributed by atoms with Crippen molar-refractivity contribution in [2.45, 2.75) is 38.0 Å². The van der Waals surface area contributed by atoms with E-state index in [0.717, 1.165) is 48.9 Å². The molecule has 1 N–H and O–H groups in total. The highest BCUT2D eigenvalue weighted by Gasteiger charge is 2.38. The lowest BCUT2D eigenvalue weighted by Crippen LogP contribution is -2.43. The molecule has 0 saturated carbocycles. The lowest BCUT2D eigenvalue weighted by atomic mass is 9.77. The Balaban J connectivity index is 1.90. The van der Waals surface area contributed by atoms with Crippen LogP contribution in [0.4, 0.5) is 0 Å². The van der Waals surface area contributed by atoms with E-state index < -0.39 is 0 Å². The maximum absolute atomic E-state index is 5.59. The van der Waals surface area contributed by atoms with Crippen molar-refractivity contribution in [3.63, 3.8) is 0 Å². The molecular formula is C14H19N3OS. The first-order valence-electron chi connectivity index (χ1n) is 6.93. The molecular weight excluding hydrogens is 258 g/mol. The summed E-state index contributed by atoms with van der Waals surface area (Å²) in [6.45, 7) is 4.26.